The first-order chi connectivity index (χ1) is 12.0. The standard InChI is InChI=1S/C20H22N2O3/c1-21(19(23)16-7-9-17(10-8-16)20(24)25)18-11-12-22(14-18)13-15-5-3-2-4-6-15/h2-10,18H,11-14H2,1H3,(H,24,25). The molecule has 1 heterocycles. The van der Waals surface area contributed by atoms with Crippen LogP contribution >= 0.6 is 0 Å². The Kier molecular flexibility index (Phi) is 5.14. The molecule has 0 saturated carbocycles. The van der Waals surface area contributed by atoms with Gasteiger partial charge in [-0.2, -0.15) is 0 Å². The third-order valence-corrected chi connectivity index (χ3v) is 4.74. The van der Waals surface area contributed by atoms with Crippen molar-refractivity contribution >= 4 is 11.9 Å². The van der Waals surface area contributed by atoms with Gasteiger partial charge in [0.2, 0.25) is 0 Å². The van der Waals surface area contributed by atoms with Crippen molar-refractivity contribution in [2.24, 2.45) is 0 Å². The summed E-state index contributed by atoms with van der Waals surface area (Å²) in [5, 5.41) is 8.95. The third-order valence-electron chi connectivity index (χ3n) is 4.74. The van der Waals surface area contributed by atoms with Crippen LogP contribution in [0.1, 0.15) is 32.7 Å². The molecular formula is C20H22N2O3. The highest BCUT2D eigenvalue weighted by Crippen LogP contribution is 2.19. The van der Waals surface area contributed by atoms with Gasteiger partial charge in [0.25, 0.3) is 5.91 Å². The van der Waals surface area contributed by atoms with Gasteiger partial charge in [-0.15, -0.1) is 0 Å². The first-order valence-corrected chi connectivity index (χ1v) is 8.41. The molecule has 0 bridgehead atoms. The van der Waals surface area contributed by atoms with Crippen molar-refractivity contribution in [3.05, 3.63) is 71.3 Å². The van der Waals surface area contributed by atoms with Crippen LogP contribution in [0.2, 0.25) is 0 Å². The van der Waals surface area contributed by atoms with E-state index in [9.17, 15) is 9.59 Å². The molecule has 0 aliphatic carbocycles. The van der Waals surface area contributed by atoms with E-state index < -0.39 is 5.97 Å². The topological polar surface area (TPSA) is 60.9 Å². The summed E-state index contributed by atoms with van der Waals surface area (Å²) in [6, 6.07) is 16.6. The van der Waals surface area contributed by atoms with Crippen LogP contribution in [0, 0.1) is 0 Å². The number of nitrogens with zero attached hydrogens (tertiary/aromatic N) is 2. The van der Waals surface area contributed by atoms with Crippen molar-refractivity contribution in [3.63, 3.8) is 0 Å². The molecule has 0 aromatic heterocycles. The molecule has 1 aliphatic heterocycles. The molecule has 1 amide bonds. The highest BCUT2D eigenvalue weighted by Gasteiger charge is 2.28. The third kappa shape index (κ3) is 4.06. The molecule has 25 heavy (non-hydrogen) atoms. The van der Waals surface area contributed by atoms with Crippen molar-refractivity contribution in [1.29, 1.82) is 0 Å². The van der Waals surface area contributed by atoms with Crippen LogP contribution in [-0.2, 0) is 6.54 Å². The first kappa shape index (κ1) is 17.2. The smallest absolute Gasteiger partial charge is 0.335 e. The molecule has 5 heteroatoms. The molecule has 1 fully saturated rings. The molecule has 2 aromatic carbocycles. The summed E-state index contributed by atoms with van der Waals surface area (Å²) in [4.78, 5) is 27.7. The lowest BCUT2D eigenvalue weighted by Crippen LogP contribution is -2.38. The van der Waals surface area contributed by atoms with Crippen LogP contribution in [0.3, 0.4) is 0 Å². The van der Waals surface area contributed by atoms with Crippen molar-refractivity contribution in [2.75, 3.05) is 20.1 Å². The number of aromatic carboxylic acids is 1. The predicted octanol–water partition coefficient (Wildman–Crippen LogP) is 2.73. The van der Waals surface area contributed by atoms with Crippen LogP contribution in [0.15, 0.2) is 54.6 Å². The minimum Gasteiger partial charge on any atom is -0.478 e. The second-order valence-electron chi connectivity index (χ2n) is 6.46. The Morgan fingerprint density at radius 2 is 1.72 bits per heavy atom. The van der Waals surface area contributed by atoms with E-state index in [4.69, 9.17) is 5.11 Å². The van der Waals surface area contributed by atoms with Gasteiger partial charge in [-0.05, 0) is 36.2 Å². The number of rotatable bonds is 5. The van der Waals surface area contributed by atoms with Crippen LogP contribution in [0.25, 0.3) is 0 Å². The van der Waals surface area contributed by atoms with Gasteiger partial charge in [-0.25, -0.2) is 4.79 Å². The Bertz CT molecular complexity index is 743. The summed E-state index contributed by atoms with van der Waals surface area (Å²) < 4.78 is 0. The Morgan fingerprint density at radius 1 is 1.08 bits per heavy atom. The largest absolute Gasteiger partial charge is 0.478 e. The number of likely N-dealkylation sites (N-methyl/N-ethyl adjacent to an activating group) is 1. The minimum absolute atomic E-state index is 0.0662. The summed E-state index contributed by atoms with van der Waals surface area (Å²) in [7, 11) is 1.82. The van der Waals surface area contributed by atoms with Crippen molar-refractivity contribution in [1.82, 2.24) is 9.80 Å². The van der Waals surface area contributed by atoms with E-state index >= 15 is 0 Å². The van der Waals surface area contributed by atoms with Gasteiger partial charge < -0.3 is 10.0 Å². The fourth-order valence-corrected chi connectivity index (χ4v) is 3.24. The van der Waals surface area contributed by atoms with Gasteiger partial charge in [0.15, 0.2) is 0 Å². The Hall–Kier alpha value is -2.66. The number of carbonyl (C=O) groups is 2. The second-order valence-corrected chi connectivity index (χ2v) is 6.46. The molecule has 1 N–H and O–H groups in total. The maximum absolute atomic E-state index is 12.6. The highest BCUT2D eigenvalue weighted by atomic mass is 16.4. The molecule has 2 aromatic rings. The maximum atomic E-state index is 12.6. The van der Waals surface area contributed by atoms with Gasteiger partial charge in [0.05, 0.1) is 5.56 Å². The number of carbonyl (C=O) groups excluding carboxylic acids is 1. The number of carboxylic acid groups (broad SMARTS) is 1. The normalized spacial score (nSPS) is 17.4. The van der Waals surface area contributed by atoms with Crippen LogP contribution < -0.4 is 0 Å². The number of carboxylic acids is 1. The Balaban J connectivity index is 1.60. The van der Waals surface area contributed by atoms with E-state index in [1.54, 1.807) is 17.0 Å². The maximum Gasteiger partial charge on any atom is 0.335 e. The number of benzene rings is 2. The zero-order valence-corrected chi connectivity index (χ0v) is 14.3. The highest BCUT2D eigenvalue weighted by molar-refractivity contribution is 5.96. The monoisotopic (exact) mass is 338 g/mol. The quantitative estimate of drug-likeness (QED) is 0.911. The molecule has 130 valence electrons. The minimum atomic E-state index is -0.986. The fraction of sp³-hybridized carbons (Fsp3) is 0.300. The number of hydrogen-bond donors (Lipinski definition) is 1. The van der Waals surface area contributed by atoms with Crippen LogP contribution in [-0.4, -0.2) is 53.0 Å². The summed E-state index contributed by atoms with van der Waals surface area (Å²) in [5.41, 5.74) is 1.99. The van der Waals surface area contributed by atoms with Crippen molar-refractivity contribution in [3.8, 4) is 0 Å². The lowest BCUT2D eigenvalue weighted by atomic mass is 10.1. The molecule has 5 nitrogen and oxygen atoms in total. The van der Waals surface area contributed by atoms with Gasteiger partial charge in [-0.1, -0.05) is 30.3 Å². The van der Waals surface area contributed by atoms with Crippen LogP contribution in [0.5, 0.6) is 0 Å². The first-order valence-electron chi connectivity index (χ1n) is 8.41. The van der Waals surface area contributed by atoms with Crippen LogP contribution in [0.4, 0.5) is 0 Å². The zero-order chi connectivity index (χ0) is 17.8. The number of hydrogen-bond acceptors (Lipinski definition) is 3. The van der Waals surface area contributed by atoms with E-state index in [0.717, 1.165) is 26.1 Å². The molecule has 3 rings (SSSR count). The molecular weight excluding hydrogens is 316 g/mol. The van der Waals surface area contributed by atoms with Gasteiger partial charge in [0, 0.05) is 38.3 Å². The van der Waals surface area contributed by atoms with E-state index in [0.29, 0.717) is 5.56 Å². The Morgan fingerprint density at radius 3 is 2.36 bits per heavy atom. The van der Waals surface area contributed by atoms with E-state index in [1.165, 1.54) is 17.7 Å². The summed E-state index contributed by atoms with van der Waals surface area (Å²) in [6.45, 7) is 2.71. The van der Waals surface area contributed by atoms with E-state index in [1.807, 2.05) is 25.2 Å². The van der Waals surface area contributed by atoms with Crippen molar-refractivity contribution < 1.29 is 14.7 Å². The summed E-state index contributed by atoms with van der Waals surface area (Å²) in [6.07, 6.45) is 0.947. The molecule has 1 atom stereocenters. The molecule has 0 spiro atoms. The van der Waals surface area contributed by atoms with Gasteiger partial charge in [-0.3, -0.25) is 9.69 Å². The van der Waals surface area contributed by atoms with Crippen molar-refractivity contribution in [2.45, 2.75) is 19.0 Å². The summed E-state index contributed by atoms with van der Waals surface area (Å²) in [5.74, 6) is -1.05. The van der Waals surface area contributed by atoms with Gasteiger partial charge >= 0.3 is 5.97 Å². The molecule has 1 aliphatic rings. The lowest BCUT2D eigenvalue weighted by molar-refractivity contribution is 0.0692. The molecule has 1 saturated heterocycles. The second kappa shape index (κ2) is 7.49. The number of likely N-dealkylation sites (tertiary alicyclic amines) is 1. The van der Waals surface area contributed by atoms with E-state index in [-0.39, 0.29) is 17.5 Å². The zero-order valence-electron chi connectivity index (χ0n) is 14.3. The SMILES string of the molecule is CN(C(=O)c1ccc(C(=O)O)cc1)C1CCN(Cc2ccccc2)C1. The van der Waals surface area contributed by atoms with Gasteiger partial charge in [0.1, 0.15) is 0 Å². The predicted molar refractivity (Wildman–Crippen MR) is 95.6 cm³/mol. The Labute approximate surface area is 147 Å². The average Bonchev–Trinajstić information content (AvgIpc) is 3.10. The summed E-state index contributed by atoms with van der Waals surface area (Å²) >= 11 is 0. The number of amides is 1. The average molecular weight is 338 g/mol. The molecule has 1 unspecified atom stereocenters. The fourth-order valence-electron chi connectivity index (χ4n) is 3.24. The lowest BCUT2D eigenvalue weighted by Gasteiger charge is -2.25. The van der Waals surface area contributed by atoms with E-state index in [2.05, 4.69) is 17.0 Å². The molecule has 0 radical (unpaired) electrons.